The van der Waals surface area contributed by atoms with Crippen LogP contribution in [0.1, 0.15) is 50.8 Å². The highest BCUT2D eigenvalue weighted by Crippen LogP contribution is 2.25. The van der Waals surface area contributed by atoms with Crippen LogP contribution in [0.15, 0.2) is 21.8 Å². The quantitative estimate of drug-likeness (QED) is 0.685. The first-order chi connectivity index (χ1) is 8.40. The van der Waals surface area contributed by atoms with E-state index in [1.807, 2.05) is 11.4 Å². The van der Waals surface area contributed by atoms with Crippen molar-refractivity contribution in [3.05, 3.63) is 22.4 Å². The van der Waals surface area contributed by atoms with Gasteiger partial charge in [-0.05, 0) is 23.2 Å². The van der Waals surface area contributed by atoms with Gasteiger partial charge in [0.05, 0.1) is 0 Å². The van der Waals surface area contributed by atoms with Crippen molar-refractivity contribution in [2.45, 2.75) is 45.3 Å². The van der Waals surface area contributed by atoms with Crippen LogP contribution in [-0.4, -0.2) is 17.9 Å². The summed E-state index contributed by atoms with van der Waals surface area (Å²) in [6, 6.07) is 2.07. The molecular weight excluding hydrogens is 232 g/mol. The molecule has 17 heavy (non-hydrogen) atoms. The summed E-state index contributed by atoms with van der Waals surface area (Å²) in [6.07, 6.45) is 8.14. The van der Waals surface area contributed by atoms with E-state index >= 15 is 0 Å². The van der Waals surface area contributed by atoms with Gasteiger partial charge in [0.15, 0.2) is 0 Å². The van der Waals surface area contributed by atoms with E-state index in [1.165, 1.54) is 32.1 Å². The van der Waals surface area contributed by atoms with Crippen LogP contribution in [0.4, 0.5) is 0 Å². The maximum absolute atomic E-state index is 5.73. The highest BCUT2D eigenvalue weighted by Gasteiger charge is 2.19. The summed E-state index contributed by atoms with van der Waals surface area (Å²) in [7, 11) is 0. The van der Waals surface area contributed by atoms with Gasteiger partial charge >= 0.3 is 0 Å². The van der Waals surface area contributed by atoms with Gasteiger partial charge in [0.1, 0.15) is 6.34 Å². The molecule has 1 unspecified atom stereocenters. The number of nitrogens with zero attached hydrogens (tertiary/aromatic N) is 2. The zero-order chi connectivity index (χ0) is 11.9. The maximum atomic E-state index is 5.73. The van der Waals surface area contributed by atoms with Gasteiger partial charge in [0.2, 0.25) is 6.23 Å². The number of thiophene rings is 1. The summed E-state index contributed by atoms with van der Waals surface area (Å²) in [5.41, 5.74) is 1.15. The van der Waals surface area contributed by atoms with Crippen molar-refractivity contribution < 1.29 is 4.84 Å². The molecule has 1 atom stereocenters. The lowest BCUT2D eigenvalue weighted by Gasteiger charge is -2.15. The number of hydrogen-bond acceptors (Lipinski definition) is 4. The molecular formula is C13H20N2OS. The van der Waals surface area contributed by atoms with Gasteiger partial charge in [-0.25, -0.2) is 14.9 Å². The van der Waals surface area contributed by atoms with Gasteiger partial charge < -0.3 is 0 Å². The fourth-order valence-corrected chi connectivity index (χ4v) is 2.53. The Balaban J connectivity index is 1.64. The molecule has 0 spiro atoms. The highest BCUT2D eigenvalue weighted by molar-refractivity contribution is 7.07. The molecule has 3 nitrogen and oxygen atoms in total. The second-order valence-corrected chi connectivity index (χ2v) is 5.11. The topological polar surface area (TPSA) is 24.8 Å². The van der Waals surface area contributed by atoms with Crippen molar-refractivity contribution >= 4 is 17.7 Å². The third-order valence-electron chi connectivity index (χ3n) is 2.88. The molecule has 0 saturated carbocycles. The van der Waals surface area contributed by atoms with Crippen molar-refractivity contribution in [3.8, 4) is 0 Å². The third kappa shape index (κ3) is 3.82. The number of unbranched alkanes of at least 4 members (excludes halogenated alkanes) is 4. The molecule has 0 amide bonds. The number of aliphatic imine (C=N–C) groups is 1. The fraction of sp³-hybridized carbons (Fsp3) is 0.615. The van der Waals surface area contributed by atoms with Gasteiger partial charge in [-0.2, -0.15) is 11.3 Å². The summed E-state index contributed by atoms with van der Waals surface area (Å²) < 4.78 is 0. The van der Waals surface area contributed by atoms with E-state index in [2.05, 4.69) is 28.7 Å². The fourth-order valence-electron chi connectivity index (χ4n) is 1.86. The number of rotatable bonds is 7. The van der Waals surface area contributed by atoms with E-state index in [-0.39, 0.29) is 6.23 Å². The molecule has 0 aliphatic carbocycles. The molecule has 4 heteroatoms. The summed E-state index contributed by atoms with van der Waals surface area (Å²) in [5, 5.41) is 6.02. The summed E-state index contributed by atoms with van der Waals surface area (Å²) >= 11 is 1.68. The van der Waals surface area contributed by atoms with Crippen LogP contribution in [-0.2, 0) is 4.84 Å². The van der Waals surface area contributed by atoms with Gasteiger partial charge in [-0.3, -0.25) is 0 Å². The molecule has 94 valence electrons. The van der Waals surface area contributed by atoms with E-state index in [1.54, 1.807) is 11.3 Å². The Morgan fingerprint density at radius 3 is 3.00 bits per heavy atom. The second kappa shape index (κ2) is 6.77. The lowest BCUT2D eigenvalue weighted by Crippen LogP contribution is -2.19. The standard InChI is InChI=1S/C13H20N2OS/c1-2-3-4-5-6-8-15-11-14-13(16-15)12-7-9-17-10-12/h7,9-11,13H,2-6,8H2,1H3. The van der Waals surface area contributed by atoms with Crippen molar-refractivity contribution in [1.29, 1.82) is 0 Å². The molecule has 2 rings (SSSR count). The number of hydrogen-bond donors (Lipinski definition) is 0. The average Bonchev–Trinajstić information content (AvgIpc) is 2.99. The van der Waals surface area contributed by atoms with E-state index in [4.69, 9.17) is 4.84 Å². The van der Waals surface area contributed by atoms with Gasteiger partial charge in [-0.1, -0.05) is 32.6 Å². The van der Waals surface area contributed by atoms with Crippen LogP contribution in [0.25, 0.3) is 0 Å². The average molecular weight is 252 g/mol. The Bertz CT molecular complexity index is 337. The second-order valence-electron chi connectivity index (χ2n) is 4.33. The zero-order valence-electron chi connectivity index (χ0n) is 10.3. The molecule has 0 aromatic carbocycles. The lowest BCUT2D eigenvalue weighted by atomic mass is 10.1. The molecule has 2 heterocycles. The van der Waals surface area contributed by atoms with Gasteiger partial charge in [-0.15, -0.1) is 0 Å². The minimum Gasteiger partial charge on any atom is -0.241 e. The largest absolute Gasteiger partial charge is 0.241 e. The molecule has 0 fully saturated rings. The van der Waals surface area contributed by atoms with Gasteiger partial charge in [0, 0.05) is 12.1 Å². The molecule has 1 aromatic heterocycles. The van der Waals surface area contributed by atoms with E-state index in [0.29, 0.717) is 0 Å². The Hall–Kier alpha value is -0.870. The summed E-state index contributed by atoms with van der Waals surface area (Å²) in [6.45, 7) is 3.19. The zero-order valence-corrected chi connectivity index (χ0v) is 11.2. The monoisotopic (exact) mass is 252 g/mol. The summed E-state index contributed by atoms with van der Waals surface area (Å²) in [5.74, 6) is 0. The van der Waals surface area contributed by atoms with Crippen LogP contribution in [0, 0.1) is 0 Å². The predicted molar refractivity (Wildman–Crippen MR) is 72.1 cm³/mol. The first-order valence-electron chi connectivity index (χ1n) is 6.39. The van der Waals surface area contributed by atoms with Crippen molar-refractivity contribution in [3.63, 3.8) is 0 Å². The lowest BCUT2D eigenvalue weighted by molar-refractivity contribution is -0.121. The first kappa shape index (κ1) is 12.6. The minimum atomic E-state index is -0.114. The van der Waals surface area contributed by atoms with Crippen LogP contribution in [0.2, 0.25) is 0 Å². The van der Waals surface area contributed by atoms with E-state index in [0.717, 1.165) is 12.1 Å². The van der Waals surface area contributed by atoms with Crippen LogP contribution in [0.5, 0.6) is 0 Å². The molecule has 1 aliphatic rings. The van der Waals surface area contributed by atoms with Crippen LogP contribution >= 0.6 is 11.3 Å². The molecule has 0 radical (unpaired) electrons. The van der Waals surface area contributed by atoms with Crippen molar-refractivity contribution in [2.24, 2.45) is 4.99 Å². The Labute approximate surface area is 107 Å². The molecule has 0 N–H and O–H groups in total. The Morgan fingerprint density at radius 2 is 2.24 bits per heavy atom. The van der Waals surface area contributed by atoms with E-state index < -0.39 is 0 Å². The van der Waals surface area contributed by atoms with Crippen LogP contribution in [0.3, 0.4) is 0 Å². The van der Waals surface area contributed by atoms with Gasteiger partial charge in [0.25, 0.3) is 0 Å². The maximum Gasteiger partial charge on any atom is 0.203 e. The Kier molecular flexibility index (Phi) is 5.01. The molecule has 0 saturated heterocycles. The smallest absolute Gasteiger partial charge is 0.203 e. The van der Waals surface area contributed by atoms with Crippen molar-refractivity contribution in [2.75, 3.05) is 6.54 Å². The molecule has 0 bridgehead atoms. The minimum absolute atomic E-state index is 0.114. The normalized spacial score (nSPS) is 19.1. The highest BCUT2D eigenvalue weighted by atomic mass is 32.1. The predicted octanol–water partition coefficient (Wildman–Crippen LogP) is 3.99. The first-order valence-corrected chi connectivity index (χ1v) is 7.33. The SMILES string of the molecule is CCCCCCCN1C=NC(c2ccsc2)O1. The third-order valence-corrected chi connectivity index (χ3v) is 3.58. The van der Waals surface area contributed by atoms with Crippen LogP contribution < -0.4 is 0 Å². The molecule has 1 aliphatic heterocycles. The van der Waals surface area contributed by atoms with E-state index in [9.17, 15) is 0 Å². The Morgan fingerprint density at radius 1 is 1.35 bits per heavy atom. The molecule has 1 aromatic rings. The number of hydroxylamine groups is 2. The van der Waals surface area contributed by atoms with Crippen molar-refractivity contribution in [1.82, 2.24) is 5.06 Å². The summed E-state index contributed by atoms with van der Waals surface area (Å²) in [4.78, 5) is 10.1.